The Morgan fingerprint density at radius 2 is 1.63 bits per heavy atom. The molecule has 0 bridgehead atoms. The Morgan fingerprint density at radius 3 is 2.33 bits per heavy atom. The first-order chi connectivity index (χ1) is 22.2. The number of hydrogen-bond donors (Lipinski definition) is 4. The van der Waals surface area contributed by atoms with E-state index in [-0.39, 0.29) is 31.1 Å². The molecule has 10 heteroatoms. The van der Waals surface area contributed by atoms with Crippen LogP contribution in [0.2, 0.25) is 5.02 Å². The molecule has 2 fully saturated rings. The van der Waals surface area contributed by atoms with Crippen LogP contribution in [0.5, 0.6) is 0 Å². The molecule has 5 rings (SSSR count). The highest BCUT2D eigenvalue weighted by Crippen LogP contribution is 2.40. The fourth-order valence-corrected chi connectivity index (χ4v) is 6.33. The largest absolute Gasteiger partial charge is 0.481 e. The maximum Gasteiger partial charge on any atom is 0.303 e. The molecular formula is C36H43ClN2O7. The van der Waals surface area contributed by atoms with Crippen LogP contribution in [0, 0.1) is 0 Å². The average Bonchev–Trinajstić information content (AvgIpc) is 3.06. The van der Waals surface area contributed by atoms with Crippen LogP contribution in [0.25, 0.3) is 0 Å². The number of carbonyl (C=O) groups is 2. The molecule has 3 aromatic carbocycles. The van der Waals surface area contributed by atoms with Crippen LogP contribution in [0.15, 0.2) is 72.8 Å². The zero-order valence-electron chi connectivity index (χ0n) is 25.9. The second-order valence-electron chi connectivity index (χ2n) is 12.3. The van der Waals surface area contributed by atoms with Crippen molar-refractivity contribution in [3.8, 4) is 0 Å². The van der Waals surface area contributed by atoms with Gasteiger partial charge in [0.15, 0.2) is 6.29 Å². The number of aliphatic carboxylic acids is 1. The number of hydrogen-bond acceptors (Lipinski definition) is 7. The van der Waals surface area contributed by atoms with Crippen molar-refractivity contribution < 1.29 is 34.4 Å². The monoisotopic (exact) mass is 650 g/mol. The number of unbranched alkanes of at least 4 members (excludes halogenated alkanes) is 2. The van der Waals surface area contributed by atoms with E-state index in [1.807, 2.05) is 72.8 Å². The third-order valence-electron chi connectivity index (χ3n) is 8.88. The van der Waals surface area contributed by atoms with E-state index in [0.717, 1.165) is 35.3 Å². The molecule has 3 aromatic rings. The number of piperidine rings is 1. The number of rotatable bonds is 13. The number of ether oxygens (including phenoxy) is 2. The molecule has 2 saturated heterocycles. The standard InChI is InChI=1S/C36H43ClN2O7/c37-29-15-13-28(14-16-29)36(44)17-19-39(20-18-36)23-31-22-32(26-11-9-25(24-40)10-12-26)46-35(45-31)27-5-4-6-30(21-27)38-33(41)7-2-1-3-8-34(42)43/h4-6,9-16,21,31-32,35,40,44H,1-3,7-8,17-20,22-24H2,(H,38,41)(H,42,43)/t31-,32+,35+/m1/s1. The first kappa shape index (κ1) is 34.0. The fourth-order valence-electron chi connectivity index (χ4n) is 6.20. The summed E-state index contributed by atoms with van der Waals surface area (Å²) < 4.78 is 13.1. The van der Waals surface area contributed by atoms with E-state index in [9.17, 15) is 19.8 Å². The van der Waals surface area contributed by atoms with Crippen molar-refractivity contribution in [2.24, 2.45) is 0 Å². The van der Waals surface area contributed by atoms with Crippen LogP contribution in [-0.2, 0) is 31.3 Å². The molecule has 3 atom stereocenters. The minimum absolute atomic E-state index is 0.0294. The first-order valence-electron chi connectivity index (χ1n) is 16.0. The Morgan fingerprint density at radius 1 is 0.913 bits per heavy atom. The van der Waals surface area contributed by atoms with Gasteiger partial charge in [-0.05, 0) is 66.6 Å². The van der Waals surface area contributed by atoms with E-state index in [0.29, 0.717) is 62.2 Å². The number of amides is 1. The summed E-state index contributed by atoms with van der Waals surface area (Å²) in [6.45, 7) is 2.09. The highest BCUT2D eigenvalue weighted by Gasteiger charge is 2.37. The normalized spacial score (nSPS) is 21.5. The number of carboxylic acid groups (broad SMARTS) is 1. The molecule has 0 aromatic heterocycles. The first-order valence-corrected chi connectivity index (χ1v) is 16.4. The van der Waals surface area contributed by atoms with Gasteiger partial charge in [0.25, 0.3) is 0 Å². The van der Waals surface area contributed by atoms with Gasteiger partial charge in [-0.2, -0.15) is 0 Å². The molecule has 2 aliphatic heterocycles. The summed E-state index contributed by atoms with van der Waals surface area (Å²) in [5.41, 5.74) is 3.26. The number of carbonyl (C=O) groups excluding carboxylic acids is 1. The van der Waals surface area contributed by atoms with Crippen LogP contribution >= 0.6 is 11.6 Å². The van der Waals surface area contributed by atoms with Crippen molar-refractivity contribution >= 4 is 29.2 Å². The Labute approximate surface area is 275 Å². The number of carboxylic acids is 1. The lowest BCUT2D eigenvalue weighted by atomic mass is 9.84. The van der Waals surface area contributed by atoms with Gasteiger partial charge in [-0.25, -0.2) is 0 Å². The zero-order valence-corrected chi connectivity index (χ0v) is 26.7. The Kier molecular flexibility index (Phi) is 11.8. The molecule has 46 heavy (non-hydrogen) atoms. The molecule has 0 saturated carbocycles. The Bertz CT molecular complexity index is 1440. The van der Waals surface area contributed by atoms with E-state index in [1.165, 1.54) is 0 Å². The molecule has 0 spiro atoms. The quantitative estimate of drug-likeness (QED) is 0.158. The van der Waals surface area contributed by atoms with Crippen molar-refractivity contribution in [1.29, 1.82) is 0 Å². The Balaban J connectivity index is 1.24. The van der Waals surface area contributed by atoms with Gasteiger partial charge in [-0.3, -0.25) is 9.59 Å². The van der Waals surface area contributed by atoms with Crippen LogP contribution in [-0.4, -0.2) is 57.8 Å². The van der Waals surface area contributed by atoms with Gasteiger partial charge in [0.2, 0.25) is 5.91 Å². The lowest BCUT2D eigenvalue weighted by Gasteiger charge is -2.42. The second-order valence-corrected chi connectivity index (χ2v) is 12.8. The topological polar surface area (TPSA) is 129 Å². The highest BCUT2D eigenvalue weighted by atomic mass is 35.5. The van der Waals surface area contributed by atoms with Crippen molar-refractivity contribution in [2.45, 2.75) is 82.1 Å². The van der Waals surface area contributed by atoms with Crippen molar-refractivity contribution in [1.82, 2.24) is 4.90 Å². The smallest absolute Gasteiger partial charge is 0.303 e. The third kappa shape index (κ3) is 9.37. The molecule has 4 N–H and O–H groups in total. The lowest BCUT2D eigenvalue weighted by molar-refractivity contribution is -0.253. The van der Waals surface area contributed by atoms with E-state index in [4.69, 9.17) is 26.2 Å². The molecular weight excluding hydrogens is 608 g/mol. The SMILES string of the molecule is O=C(O)CCCCCC(=O)Nc1cccc([C@H]2O[C@@H](CN3CCC(O)(c4ccc(Cl)cc4)CC3)C[C@@H](c3ccc(CO)cc3)O2)c1. The minimum atomic E-state index is -0.888. The highest BCUT2D eigenvalue weighted by molar-refractivity contribution is 6.30. The van der Waals surface area contributed by atoms with E-state index >= 15 is 0 Å². The predicted octanol–water partition coefficient (Wildman–Crippen LogP) is 6.33. The molecule has 246 valence electrons. The maximum absolute atomic E-state index is 12.6. The van der Waals surface area contributed by atoms with Crippen molar-refractivity contribution in [3.63, 3.8) is 0 Å². The van der Waals surface area contributed by atoms with Gasteiger partial charge in [-0.15, -0.1) is 0 Å². The molecule has 2 heterocycles. The summed E-state index contributed by atoms with van der Waals surface area (Å²) in [7, 11) is 0. The van der Waals surface area contributed by atoms with E-state index in [2.05, 4.69) is 10.2 Å². The lowest BCUT2D eigenvalue weighted by Crippen LogP contribution is -2.46. The summed E-state index contributed by atoms with van der Waals surface area (Å²) in [4.78, 5) is 25.6. The molecule has 1 amide bonds. The number of likely N-dealkylation sites (tertiary alicyclic amines) is 1. The van der Waals surface area contributed by atoms with Gasteiger partial charge in [0.1, 0.15) is 0 Å². The van der Waals surface area contributed by atoms with Crippen LogP contribution in [0.4, 0.5) is 5.69 Å². The number of anilines is 1. The number of benzene rings is 3. The van der Waals surface area contributed by atoms with E-state index < -0.39 is 17.9 Å². The number of aliphatic hydroxyl groups excluding tert-OH is 1. The van der Waals surface area contributed by atoms with Gasteiger partial charge in [0, 0.05) is 55.2 Å². The van der Waals surface area contributed by atoms with Crippen LogP contribution in [0.3, 0.4) is 0 Å². The molecule has 0 unspecified atom stereocenters. The summed E-state index contributed by atoms with van der Waals surface area (Å²) in [6, 6.07) is 22.7. The molecule has 0 aliphatic carbocycles. The summed E-state index contributed by atoms with van der Waals surface area (Å²) >= 11 is 6.06. The van der Waals surface area contributed by atoms with Crippen molar-refractivity contribution in [3.05, 3.63) is 100 Å². The number of aliphatic hydroxyl groups is 2. The number of halogens is 1. The van der Waals surface area contributed by atoms with E-state index in [1.54, 1.807) is 0 Å². The zero-order chi connectivity index (χ0) is 32.5. The van der Waals surface area contributed by atoms with Gasteiger partial charge < -0.3 is 35.0 Å². The summed E-state index contributed by atoms with van der Waals surface area (Å²) in [5, 5.41) is 33.3. The maximum atomic E-state index is 12.6. The number of nitrogens with zero attached hydrogens (tertiary/aromatic N) is 1. The molecule has 9 nitrogen and oxygen atoms in total. The second kappa shape index (κ2) is 16.0. The summed E-state index contributed by atoms with van der Waals surface area (Å²) in [6.07, 6.45) is 3.10. The van der Waals surface area contributed by atoms with Gasteiger partial charge in [0.05, 0.1) is 24.4 Å². The minimum Gasteiger partial charge on any atom is -0.481 e. The van der Waals surface area contributed by atoms with Crippen LogP contribution in [0.1, 0.15) is 86.0 Å². The van der Waals surface area contributed by atoms with Crippen LogP contribution < -0.4 is 5.32 Å². The Hall–Kier alpha value is -3.31. The molecule has 0 radical (unpaired) electrons. The van der Waals surface area contributed by atoms with Gasteiger partial charge >= 0.3 is 5.97 Å². The number of nitrogens with one attached hydrogen (secondary N) is 1. The molecule has 2 aliphatic rings. The third-order valence-corrected chi connectivity index (χ3v) is 9.13. The predicted molar refractivity (Wildman–Crippen MR) is 175 cm³/mol. The van der Waals surface area contributed by atoms with Gasteiger partial charge in [-0.1, -0.05) is 66.6 Å². The summed E-state index contributed by atoms with van der Waals surface area (Å²) in [5.74, 6) is -0.946. The van der Waals surface area contributed by atoms with Crippen molar-refractivity contribution in [2.75, 3.05) is 25.0 Å². The average molecular weight is 651 g/mol. The fraction of sp³-hybridized carbons (Fsp3) is 0.444.